The van der Waals surface area contributed by atoms with Crippen molar-refractivity contribution in [2.45, 2.75) is 18.7 Å². The zero-order chi connectivity index (χ0) is 18.4. The van der Waals surface area contributed by atoms with Gasteiger partial charge < -0.3 is 4.74 Å². The Hall–Kier alpha value is -2.49. The van der Waals surface area contributed by atoms with Crippen LogP contribution < -0.4 is 4.74 Å². The molecule has 0 N–H and O–H groups in total. The lowest BCUT2D eigenvalue weighted by molar-refractivity contribution is -0.0190. The van der Waals surface area contributed by atoms with E-state index in [0.717, 1.165) is 34.6 Å². The highest BCUT2D eigenvalue weighted by molar-refractivity contribution is 6.31. The first-order valence-electron chi connectivity index (χ1n) is 8.82. The van der Waals surface area contributed by atoms with E-state index in [2.05, 4.69) is 12.1 Å². The van der Waals surface area contributed by atoms with Gasteiger partial charge in [-0.25, -0.2) is 5.01 Å². The fraction of sp³-hybridized carbons (Fsp3) is 0.136. The predicted molar refractivity (Wildman–Crippen MR) is 108 cm³/mol. The molecular weight excluding hydrogens is 379 g/mol. The summed E-state index contributed by atoms with van der Waals surface area (Å²) < 4.78 is 6.33. The zero-order valence-corrected chi connectivity index (χ0v) is 15.9. The third kappa shape index (κ3) is 2.97. The molecule has 5 rings (SSSR count). The third-order valence-electron chi connectivity index (χ3n) is 4.99. The van der Waals surface area contributed by atoms with Gasteiger partial charge in [0.05, 0.1) is 11.8 Å². The summed E-state index contributed by atoms with van der Waals surface area (Å²) in [5.74, 6) is 0.843. The Morgan fingerprint density at radius 3 is 2.52 bits per heavy atom. The summed E-state index contributed by atoms with van der Waals surface area (Å²) in [6.45, 7) is 0. The Morgan fingerprint density at radius 2 is 1.70 bits per heavy atom. The Labute approximate surface area is 167 Å². The van der Waals surface area contributed by atoms with E-state index in [1.165, 1.54) is 0 Å². The Kier molecular flexibility index (Phi) is 4.07. The van der Waals surface area contributed by atoms with E-state index in [9.17, 15) is 0 Å². The van der Waals surface area contributed by atoms with Crippen molar-refractivity contribution in [1.29, 1.82) is 0 Å². The summed E-state index contributed by atoms with van der Waals surface area (Å²) in [6.07, 6.45) is 0.473. The van der Waals surface area contributed by atoms with Gasteiger partial charge >= 0.3 is 0 Å². The number of ether oxygens (including phenoxy) is 1. The molecule has 0 aromatic heterocycles. The van der Waals surface area contributed by atoms with Gasteiger partial charge in [-0.3, -0.25) is 0 Å². The van der Waals surface area contributed by atoms with Crippen LogP contribution in [0.25, 0.3) is 0 Å². The standard InChI is InChI=1S/C22H16Cl2N2O/c23-16-8-4-7-15(11-16)22-26-20(18-12-17(24)9-10-21(18)27-22)13-19(25-26)14-5-2-1-3-6-14/h1-12,20,22H,13H2. The topological polar surface area (TPSA) is 24.8 Å². The van der Waals surface area contributed by atoms with Crippen LogP contribution in [-0.4, -0.2) is 10.7 Å². The molecule has 0 amide bonds. The highest BCUT2D eigenvalue weighted by Crippen LogP contribution is 2.48. The van der Waals surface area contributed by atoms with Crippen LogP contribution >= 0.6 is 23.2 Å². The quantitative estimate of drug-likeness (QED) is 0.513. The fourth-order valence-electron chi connectivity index (χ4n) is 3.74. The Bertz CT molecular complexity index is 1040. The number of fused-ring (bicyclic) bond motifs is 3. The molecule has 134 valence electrons. The lowest BCUT2D eigenvalue weighted by atomic mass is 9.96. The molecule has 2 aliphatic heterocycles. The van der Waals surface area contributed by atoms with E-state index in [1.807, 2.05) is 65.7 Å². The first-order valence-corrected chi connectivity index (χ1v) is 9.57. The summed E-state index contributed by atoms with van der Waals surface area (Å²) >= 11 is 12.5. The molecule has 0 bridgehead atoms. The van der Waals surface area contributed by atoms with Crippen molar-refractivity contribution in [1.82, 2.24) is 5.01 Å². The van der Waals surface area contributed by atoms with Crippen molar-refractivity contribution in [3.63, 3.8) is 0 Å². The summed E-state index contributed by atoms with van der Waals surface area (Å²) in [6, 6.07) is 23.9. The van der Waals surface area contributed by atoms with E-state index in [-0.39, 0.29) is 12.3 Å². The lowest BCUT2D eigenvalue weighted by Crippen LogP contribution is -2.33. The highest BCUT2D eigenvalue weighted by atomic mass is 35.5. The minimum absolute atomic E-state index is 0.0756. The van der Waals surface area contributed by atoms with Gasteiger partial charge in [-0.2, -0.15) is 5.10 Å². The van der Waals surface area contributed by atoms with Crippen LogP contribution in [-0.2, 0) is 0 Å². The fourth-order valence-corrected chi connectivity index (χ4v) is 4.12. The van der Waals surface area contributed by atoms with Crippen molar-refractivity contribution in [3.05, 3.63) is 99.5 Å². The van der Waals surface area contributed by atoms with E-state index >= 15 is 0 Å². The maximum atomic E-state index is 6.33. The minimum Gasteiger partial charge on any atom is -0.464 e. The highest BCUT2D eigenvalue weighted by Gasteiger charge is 2.41. The third-order valence-corrected chi connectivity index (χ3v) is 5.46. The second kappa shape index (κ2) is 6.59. The normalized spacial score (nSPS) is 20.5. The van der Waals surface area contributed by atoms with Gasteiger partial charge in [0.1, 0.15) is 5.75 Å². The largest absolute Gasteiger partial charge is 0.464 e. The number of hydrazone groups is 1. The SMILES string of the molecule is Clc1cccc(C2Oc3ccc(Cl)cc3C3CC(c4ccccc4)=NN32)c1. The van der Waals surface area contributed by atoms with Crippen LogP contribution in [0.2, 0.25) is 10.0 Å². The van der Waals surface area contributed by atoms with Crippen molar-refractivity contribution < 1.29 is 4.74 Å². The summed E-state index contributed by atoms with van der Waals surface area (Å²) in [7, 11) is 0. The van der Waals surface area contributed by atoms with Crippen LogP contribution in [0, 0.1) is 0 Å². The molecule has 0 spiro atoms. The lowest BCUT2D eigenvalue weighted by Gasteiger charge is -2.38. The predicted octanol–water partition coefficient (Wildman–Crippen LogP) is 6.24. The summed E-state index contributed by atoms with van der Waals surface area (Å²) in [4.78, 5) is 0. The van der Waals surface area contributed by atoms with Gasteiger partial charge in [-0.1, -0.05) is 65.7 Å². The maximum absolute atomic E-state index is 6.33. The van der Waals surface area contributed by atoms with Crippen molar-refractivity contribution in [2.75, 3.05) is 0 Å². The Morgan fingerprint density at radius 1 is 0.889 bits per heavy atom. The summed E-state index contributed by atoms with van der Waals surface area (Å²) in [5.41, 5.74) is 4.21. The number of nitrogens with zero attached hydrogens (tertiary/aromatic N) is 2. The molecule has 2 unspecified atom stereocenters. The maximum Gasteiger partial charge on any atom is 0.213 e. The Balaban J connectivity index is 1.62. The molecule has 2 atom stereocenters. The van der Waals surface area contributed by atoms with Gasteiger partial charge in [0.15, 0.2) is 0 Å². The number of halogens is 2. The van der Waals surface area contributed by atoms with Crippen molar-refractivity contribution >= 4 is 28.9 Å². The van der Waals surface area contributed by atoms with Crippen molar-refractivity contribution in [2.24, 2.45) is 5.10 Å². The van der Waals surface area contributed by atoms with E-state index in [0.29, 0.717) is 10.0 Å². The average molecular weight is 395 g/mol. The number of hydrogen-bond donors (Lipinski definition) is 0. The van der Waals surface area contributed by atoms with Gasteiger partial charge in [-0.05, 0) is 35.9 Å². The molecule has 2 heterocycles. The van der Waals surface area contributed by atoms with E-state index in [4.69, 9.17) is 33.0 Å². The van der Waals surface area contributed by atoms with E-state index < -0.39 is 0 Å². The molecule has 0 radical (unpaired) electrons. The molecule has 3 aromatic carbocycles. The van der Waals surface area contributed by atoms with E-state index in [1.54, 1.807) is 0 Å². The molecule has 0 aliphatic carbocycles. The molecule has 2 aliphatic rings. The van der Waals surface area contributed by atoms with Crippen LogP contribution in [0.1, 0.15) is 35.4 Å². The summed E-state index contributed by atoms with van der Waals surface area (Å²) in [5, 5.41) is 8.35. The number of rotatable bonds is 2. The second-order valence-electron chi connectivity index (χ2n) is 6.72. The molecule has 27 heavy (non-hydrogen) atoms. The molecule has 0 saturated heterocycles. The van der Waals surface area contributed by atoms with Crippen LogP contribution in [0.15, 0.2) is 77.9 Å². The van der Waals surface area contributed by atoms with Gasteiger partial charge in [-0.15, -0.1) is 0 Å². The minimum atomic E-state index is -0.330. The number of benzene rings is 3. The molecule has 3 aromatic rings. The van der Waals surface area contributed by atoms with Crippen molar-refractivity contribution in [3.8, 4) is 5.75 Å². The zero-order valence-electron chi connectivity index (χ0n) is 14.3. The molecular formula is C22H16Cl2N2O. The van der Waals surface area contributed by atoms with Gasteiger partial charge in [0.2, 0.25) is 6.23 Å². The van der Waals surface area contributed by atoms with Crippen LogP contribution in [0.5, 0.6) is 5.75 Å². The number of hydrogen-bond acceptors (Lipinski definition) is 3. The average Bonchev–Trinajstić information content (AvgIpc) is 3.14. The van der Waals surface area contributed by atoms with Crippen LogP contribution in [0.4, 0.5) is 0 Å². The monoisotopic (exact) mass is 394 g/mol. The first-order chi connectivity index (χ1) is 13.2. The van der Waals surface area contributed by atoms with Gasteiger partial charge in [0.25, 0.3) is 0 Å². The molecule has 5 heteroatoms. The van der Waals surface area contributed by atoms with Gasteiger partial charge in [0, 0.05) is 27.6 Å². The second-order valence-corrected chi connectivity index (χ2v) is 7.59. The first kappa shape index (κ1) is 16.7. The molecule has 0 saturated carbocycles. The smallest absolute Gasteiger partial charge is 0.213 e. The van der Waals surface area contributed by atoms with Crippen LogP contribution in [0.3, 0.4) is 0 Å². The molecule has 3 nitrogen and oxygen atoms in total. The molecule has 0 fully saturated rings.